The molecule has 14 heavy (non-hydrogen) atoms. The summed E-state index contributed by atoms with van der Waals surface area (Å²) in [6, 6.07) is 9.99. The lowest BCUT2D eigenvalue weighted by Gasteiger charge is -2.05. The van der Waals surface area contributed by atoms with E-state index in [1.54, 1.807) is 6.07 Å². The van der Waals surface area contributed by atoms with E-state index < -0.39 is 0 Å². The Bertz CT molecular complexity index is 510. The Morgan fingerprint density at radius 1 is 1.21 bits per heavy atom. The van der Waals surface area contributed by atoms with E-state index in [1.165, 1.54) is 15.5 Å². The molecule has 0 aliphatic carbocycles. The molecule has 0 spiro atoms. The van der Waals surface area contributed by atoms with Crippen LogP contribution in [0.1, 0.15) is 0 Å². The van der Waals surface area contributed by atoms with Gasteiger partial charge in [0.25, 0.3) is 0 Å². The summed E-state index contributed by atoms with van der Waals surface area (Å²) in [5.74, 6) is 0.425. The molecule has 1 N–H and O–H groups in total. The van der Waals surface area contributed by atoms with Crippen molar-refractivity contribution in [3.8, 4) is 5.75 Å². The molecule has 0 atom stereocenters. The number of thioether (sulfide) groups is 1. The van der Waals surface area contributed by atoms with Crippen molar-refractivity contribution in [2.24, 2.45) is 0 Å². The number of hydrogen-bond acceptors (Lipinski definition) is 2. The van der Waals surface area contributed by atoms with Crippen molar-refractivity contribution in [2.75, 3.05) is 5.38 Å². The molecule has 0 amide bonds. The summed E-state index contributed by atoms with van der Waals surface area (Å²) >= 11 is 1.89. The largest absolute Gasteiger partial charge is 0.507 e. The van der Waals surface area contributed by atoms with Gasteiger partial charge in [-0.1, -0.05) is 18.2 Å². The van der Waals surface area contributed by atoms with Crippen LogP contribution < -0.4 is 5.19 Å². The number of benzene rings is 2. The normalized spacial score (nSPS) is 14.6. The second-order valence-corrected chi connectivity index (χ2v) is 6.02. The molecule has 1 nitrogen and oxygen atoms in total. The van der Waals surface area contributed by atoms with Gasteiger partial charge in [0.05, 0.1) is 9.52 Å². The Morgan fingerprint density at radius 2 is 2.14 bits per heavy atom. The van der Waals surface area contributed by atoms with Crippen LogP contribution in [0.2, 0.25) is 0 Å². The quantitative estimate of drug-likeness (QED) is 0.679. The van der Waals surface area contributed by atoms with Crippen LogP contribution in [0.25, 0.3) is 10.8 Å². The van der Waals surface area contributed by atoms with Gasteiger partial charge in [-0.25, -0.2) is 0 Å². The third-order valence-corrected chi connectivity index (χ3v) is 5.32. The average Bonchev–Trinajstić information content (AvgIpc) is 2.65. The number of hydrogen-bond donors (Lipinski definition) is 1. The molecule has 3 rings (SSSR count). The van der Waals surface area contributed by atoms with Crippen molar-refractivity contribution < 1.29 is 5.11 Å². The molecule has 1 heterocycles. The van der Waals surface area contributed by atoms with Gasteiger partial charge in [0.15, 0.2) is 0 Å². The summed E-state index contributed by atoms with van der Waals surface area (Å²) in [6.07, 6.45) is 0. The van der Waals surface area contributed by atoms with Gasteiger partial charge in [-0.2, -0.15) is 0 Å². The lowest BCUT2D eigenvalue weighted by Crippen LogP contribution is -2.13. The number of phenolic OH excluding ortho intramolecular Hbond substituents is 1. The molecule has 0 aromatic heterocycles. The maximum absolute atomic E-state index is 9.83. The first-order valence-corrected chi connectivity index (χ1v) is 6.67. The first kappa shape index (κ1) is 8.38. The van der Waals surface area contributed by atoms with Gasteiger partial charge in [0, 0.05) is 10.3 Å². The van der Waals surface area contributed by atoms with Gasteiger partial charge >= 0.3 is 0 Å². The minimum Gasteiger partial charge on any atom is -0.507 e. The van der Waals surface area contributed by atoms with E-state index in [0.717, 1.165) is 20.3 Å². The zero-order valence-electron chi connectivity index (χ0n) is 7.45. The molecule has 0 saturated carbocycles. The molecule has 1 aliphatic heterocycles. The van der Waals surface area contributed by atoms with Gasteiger partial charge in [-0.3, -0.25) is 0 Å². The first-order chi connectivity index (χ1) is 6.86. The SMILES string of the molecule is Oc1cccc2ccc3c(c12)[Si]CS3. The van der Waals surface area contributed by atoms with Gasteiger partial charge in [-0.15, -0.1) is 11.8 Å². The van der Waals surface area contributed by atoms with Crippen LogP contribution in [0.5, 0.6) is 5.75 Å². The molecule has 0 unspecified atom stereocenters. The van der Waals surface area contributed by atoms with Crippen LogP contribution in [-0.2, 0) is 0 Å². The van der Waals surface area contributed by atoms with Crippen molar-refractivity contribution in [2.45, 2.75) is 4.90 Å². The number of phenols is 1. The Morgan fingerprint density at radius 3 is 3.07 bits per heavy atom. The smallest absolute Gasteiger partial charge is 0.123 e. The highest BCUT2D eigenvalue weighted by Gasteiger charge is 2.16. The zero-order valence-corrected chi connectivity index (χ0v) is 9.27. The minimum atomic E-state index is 0.425. The highest BCUT2D eigenvalue weighted by atomic mass is 32.2. The van der Waals surface area contributed by atoms with Gasteiger partial charge in [0.2, 0.25) is 0 Å². The highest BCUT2D eigenvalue weighted by molar-refractivity contribution is 8.01. The molecule has 1 aliphatic rings. The van der Waals surface area contributed by atoms with Crippen LogP contribution in [0.4, 0.5) is 0 Å². The number of aromatic hydroxyl groups is 1. The van der Waals surface area contributed by atoms with E-state index in [9.17, 15) is 5.11 Å². The molecule has 0 saturated heterocycles. The lowest BCUT2D eigenvalue weighted by atomic mass is 10.1. The molecule has 3 heteroatoms. The van der Waals surface area contributed by atoms with Crippen LogP contribution >= 0.6 is 11.8 Å². The second-order valence-electron chi connectivity index (χ2n) is 3.28. The predicted octanol–water partition coefficient (Wildman–Crippen LogP) is 1.94. The third kappa shape index (κ3) is 1.09. The van der Waals surface area contributed by atoms with Crippen LogP contribution in [0.3, 0.4) is 0 Å². The van der Waals surface area contributed by atoms with Crippen molar-refractivity contribution in [3.05, 3.63) is 30.3 Å². The summed E-state index contributed by atoms with van der Waals surface area (Å²) in [4.78, 5) is 1.34. The average molecular weight is 216 g/mol. The van der Waals surface area contributed by atoms with Gasteiger partial charge in [-0.05, 0) is 28.1 Å². The number of rotatable bonds is 0. The van der Waals surface area contributed by atoms with E-state index in [-0.39, 0.29) is 0 Å². The first-order valence-electron chi connectivity index (χ1n) is 4.47. The fourth-order valence-electron chi connectivity index (χ4n) is 1.82. The van der Waals surface area contributed by atoms with E-state index in [2.05, 4.69) is 18.2 Å². The second kappa shape index (κ2) is 3.04. The fraction of sp³-hybridized carbons (Fsp3) is 0.0909. The molecule has 2 aromatic carbocycles. The van der Waals surface area contributed by atoms with Crippen LogP contribution in [0, 0.1) is 0 Å². The molecule has 0 bridgehead atoms. The molecule has 68 valence electrons. The lowest BCUT2D eigenvalue weighted by molar-refractivity contribution is 0.482. The number of fused-ring (bicyclic) bond motifs is 3. The Labute approximate surface area is 89.0 Å². The van der Waals surface area contributed by atoms with Gasteiger partial charge < -0.3 is 5.11 Å². The van der Waals surface area contributed by atoms with Crippen molar-refractivity contribution in [3.63, 3.8) is 0 Å². The van der Waals surface area contributed by atoms with Crippen LogP contribution in [0.15, 0.2) is 35.2 Å². The summed E-state index contributed by atoms with van der Waals surface area (Å²) in [7, 11) is 0.833. The Kier molecular flexibility index (Phi) is 1.82. The van der Waals surface area contributed by atoms with E-state index >= 15 is 0 Å². The van der Waals surface area contributed by atoms with E-state index in [0.29, 0.717) is 5.75 Å². The van der Waals surface area contributed by atoms with Crippen molar-refractivity contribution >= 4 is 37.2 Å². The summed E-state index contributed by atoms with van der Waals surface area (Å²) < 4.78 is 0. The monoisotopic (exact) mass is 216 g/mol. The Balaban J connectivity index is 2.47. The highest BCUT2D eigenvalue weighted by Crippen LogP contribution is 2.30. The van der Waals surface area contributed by atoms with E-state index in [4.69, 9.17) is 0 Å². The predicted molar refractivity (Wildman–Crippen MR) is 61.7 cm³/mol. The zero-order chi connectivity index (χ0) is 9.54. The minimum absolute atomic E-state index is 0.425. The topological polar surface area (TPSA) is 20.2 Å². The molecular weight excluding hydrogens is 208 g/mol. The Hall–Kier alpha value is -0.933. The van der Waals surface area contributed by atoms with E-state index in [1.807, 2.05) is 17.8 Å². The fourth-order valence-corrected chi connectivity index (χ4v) is 4.86. The molecular formula is C11H8OSSi. The van der Waals surface area contributed by atoms with Crippen LogP contribution in [-0.4, -0.2) is 20.0 Å². The maximum atomic E-state index is 9.83. The van der Waals surface area contributed by atoms with Crippen molar-refractivity contribution in [1.29, 1.82) is 0 Å². The van der Waals surface area contributed by atoms with Gasteiger partial charge in [0.1, 0.15) is 5.75 Å². The summed E-state index contributed by atoms with van der Waals surface area (Å²) in [6.45, 7) is 0. The third-order valence-electron chi connectivity index (χ3n) is 2.46. The maximum Gasteiger partial charge on any atom is 0.123 e. The molecule has 0 fully saturated rings. The summed E-state index contributed by atoms with van der Waals surface area (Å²) in [5.41, 5.74) is 0. The summed E-state index contributed by atoms with van der Waals surface area (Å²) in [5, 5.41) is 14.6. The van der Waals surface area contributed by atoms with Crippen molar-refractivity contribution in [1.82, 2.24) is 0 Å². The molecule has 2 aromatic rings. The standard InChI is InChI=1S/C11H8OSSi/c12-8-3-1-2-7-4-5-9-11(10(7)8)14-6-13-9/h1-5,12H,6H2. The molecule has 2 radical (unpaired) electrons.